The quantitative estimate of drug-likeness (QED) is 0.444. The first kappa shape index (κ1) is 19.2. The molecule has 4 nitrogen and oxygen atoms in total. The fourth-order valence-corrected chi connectivity index (χ4v) is 4.57. The van der Waals surface area contributed by atoms with Gasteiger partial charge in [-0.05, 0) is 59.9 Å². The lowest BCUT2D eigenvalue weighted by molar-refractivity contribution is -0.0263. The van der Waals surface area contributed by atoms with Gasteiger partial charge in [-0.25, -0.2) is 0 Å². The molecule has 154 valence electrons. The number of ether oxygens (including phenoxy) is 1. The van der Waals surface area contributed by atoms with Gasteiger partial charge in [0, 0.05) is 36.7 Å². The van der Waals surface area contributed by atoms with E-state index in [0.717, 1.165) is 61.1 Å². The van der Waals surface area contributed by atoms with E-state index in [2.05, 4.69) is 64.5 Å². The number of nitrogens with one attached hydrogen (secondary N) is 1. The minimum atomic E-state index is -0.721. The molecule has 2 heterocycles. The number of fused-ring (bicyclic) bond motifs is 2. The molecule has 3 aromatic carbocycles. The molecule has 5 rings (SSSR count). The van der Waals surface area contributed by atoms with Gasteiger partial charge in [-0.2, -0.15) is 0 Å². The minimum absolute atomic E-state index is 0.704. The van der Waals surface area contributed by atoms with E-state index < -0.39 is 5.60 Å². The Morgan fingerprint density at radius 2 is 1.77 bits per heavy atom. The van der Waals surface area contributed by atoms with Crippen LogP contribution in [0.15, 0.2) is 72.9 Å². The van der Waals surface area contributed by atoms with Gasteiger partial charge in [-0.3, -0.25) is 0 Å². The van der Waals surface area contributed by atoms with Gasteiger partial charge in [0.1, 0.15) is 5.75 Å². The molecular formula is C26H28N2O2. The van der Waals surface area contributed by atoms with Gasteiger partial charge in [0.05, 0.1) is 12.2 Å². The predicted molar refractivity (Wildman–Crippen MR) is 122 cm³/mol. The van der Waals surface area contributed by atoms with Crippen LogP contribution >= 0.6 is 0 Å². The van der Waals surface area contributed by atoms with Crippen LogP contribution in [0.4, 0.5) is 0 Å². The van der Waals surface area contributed by atoms with E-state index in [4.69, 9.17) is 4.74 Å². The second kappa shape index (κ2) is 8.13. The number of aromatic amines is 1. The van der Waals surface area contributed by atoms with Crippen LogP contribution in [0, 0.1) is 0 Å². The van der Waals surface area contributed by atoms with Crippen molar-refractivity contribution in [3.63, 3.8) is 0 Å². The summed E-state index contributed by atoms with van der Waals surface area (Å²) >= 11 is 0. The van der Waals surface area contributed by atoms with Crippen molar-refractivity contribution in [1.29, 1.82) is 0 Å². The first-order valence-corrected chi connectivity index (χ1v) is 10.8. The number of aliphatic hydroxyl groups is 1. The highest BCUT2D eigenvalue weighted by Gasteiger charge is 2.33. The third kappa shape index (κ3) is 3.81. The summed E-state index contributed by atoms with van der Waals surface area (Å²) in [7, 11) is 0. The zero-order valence-corrected chi connectivity index (χ0v) is 17.2. The summed E-state index contributed by atoms with van der Waals surface area (Å²) < 4.78 is 6.02. The molecule has 0 atom stereocenters. The van der Waals surface area contributed by atoms with Crippen molar-refractivity contribution < 1.29 is 9.84 Å². The van der Waals surface area contributed by atoms with E-state index in [1.165, 1.54) is 10.8 Å². The average molecular weight is 401 g/mol. The van der Waals surface area contributed by atoms with E-state index in [-0.39, 0.29) is 0 Å². The second-order valence-electron chi connectivity index (χ2n) is 8.33. The van der Waals surface area contributed by atoms with Crippen molar-refractivity contribution in [1.82, 2.24) is 9.88 Å². The van der Waals surface area contributed by atoms with Gasteiger partial charge in [0.25, 0.3) is 0 Å². The highest BCUT2D eigenvalue weighted by molar-refractivity contribution is 5.85. The first-order valence-electron chi connectivity index (χ1n) is 10.8. The Morgan fingerprint density at radius 1 is 0.933 bits per heavy atom. The van der Waals surface area contributed by atoms with Gasteiger partial charge in [-0.1, -0.05) is 42.5 Å². The Balaban J connectivity index is 1.13. The highest BCUT2D eigenvalue weighted by Crippen LogP contribution is 2.34. The Morgan fingerprint density at radius 3 is 2.63 bits per heavy atom. The molecule has 4 heteroatoms. The fourth-order valence-electron chi connectivity index (χ4n) is 4.57. The molecule has 0 bridgehead atoms. The van der Waals surface area contributed by atoms with Crippen LogP contribution in [-0.2, 0) is 5.60 Å². The molecule has 1 fully saturated rings. The van der Waals surface area contributed by atoms with E-state index >= 15 is 0 Å². The number of likely N-dealkylation sites (tertiary alicyclic amines) is 1. The van der Waals surface area contributed by atoms with Gasteiger partial charge >= 0.3 is 0 Å². The highest BCUT2D eigenvalue weighted by atomic mass is 16.5. The van der Waals surface area contributed by atoms with Crippen molar-refractivity contribution in [2.24, 2.45) is 0 Å². The van der Waals surface area contributed by atoms with Crippen LogP contribution in [0.3, 0.4) is 0 Å². The molecule has 0 amide bonds. The monoisotopic (exact) mass is 400 g/mol. The van der Waals surface area contributed by atoms with Crippen molar-refractivity contribution in [3.05, 3.63) is 78.5 Å². The fraction of sp³-hybridized carbons (Fsp3) is 0.308. The Bertz CT molecular complexity index is 1140. The van der Waals surface area contributed by atoms with Crippen molar-refractivity contribution in [2.75, 3.05) is 26.2 Å². The Labute approximate surface area is 177 Å². The van der Waals surface area contributed by atoms with Crippen LogP contribution in [0.1, 0.15) is 24.8 Å². The third-order valence-corrected chi connectivity index (χ3v) is 6.40. The topological polar surface area (TPSA) is 48.5 Å². The number of aromatic nitrogens is 1. The first-order chi connectivity index (χ1) is 14.7. The maximum atomic E-state index is 11.3. The zero-order valence-electron chi connectivity index (χ0n) is 17.2. The summed E-state index contributed by atoms with van der Waals surface area (Å²) in [6.45, 7) is 3.53. The van der Waals surface area contributed by atoms with Gasteiger partial charge in [0.2, 0.25) is 0 Å². The molecule has 1 aliphatic rings. The Kier molecular flexibility index (Phi) is 5.19. The van der Waals surface area contributed by atoms with Crippen LogP contribution in [-0.4, -0.2) is 41.2 Å². The Hall–Kier alpha value is -2.82. The number of hydrogen-bond donors (Lipinski definition) is 2. The molecule has 0 spiro atoms. The summed E-state index contributed by atoms with van der Waals surface area (Å²) in [5, 5.41) is 14.8. The maximum Gasteiger partial charge on any atom is 0.128 e. The van der Waals surface area contributed by atoms with Crippen LogP contribution in [0.25, 0.3) is 21.7 Å². The standard InChI is InChI=1S/C26H28N2O2/c29-26(22-10-9-20-5-1-2-6-21(20)19-22)12-16-28(17-13-26)15-4-18-30-25-8-3-7-24-23(25)11-14-27-24/h1-3,5-11,14,19,27,29H,4,12-13,15-18H2. The summed E-state index contributed by atoms with van der Waals surface area (Å²) in [5.74, 6) is 0.943. The summed E-state index contributed by atoms with van der Waals surface area (Å²) in [6, 6.07) is 22.9. The predicted octanol–water partition coefficient (Wildman–Crippen LogP) is 5.07. The lowest BCUT2D eigenvalue weighted by Gasteiger charge is -2.38. The molecule has 1 aromatic heterocycles. The molecule has 0 unspecified atom stereocenters. The van der Waals surface area contributed by atoms with Crippen molar-refractivity contribution >= 4 is 21.7 Å². The number of nitrogens with zero attached hydrogens (tertiary/aromatic N) is 1. The second-order valence-corrected chi connectivity index (χ2v) is 8.33. The van der Waals surface area contributed by atoms with E-state index in [1.54, 1.807) is 0 Å². The number of benzene rings is 3. The third-order valence-electron chi connectivity index (χ3n) is 6.40. The molecular weight excluding hydrogens is 372 g/mol. The molecule has 0 aliphatic carbocycles. The van der Waals surface area contributed by atoms with Crippen LogP contribution < -0.4 is 4.74 Å². The van der Waals surface area contributed by atoms with E-state index in [1.807, 2.05) is 18.3 Å². The van der Waals surface area contributed by atoms with Gasteiger partial charge < -0.3 is 19.7 Å². The molecule has 2 N–H and O–H groups in total. The number of H-pyrrole nitrogens is 1. The van der Waals surface area contributed by atoms with E-state index in [0.29, 0.717) is 6.61 Å². The molecule has 0 radical (unpaired) electrons. The average Bonchev–Trinajstić information content (AvgIpc) is 3.27. The summed E-state index contributed by atoms with van der Waals surface area (Å²) in [6.07, 6.45) is 4.47. The molecule has 0 saturated carbocycles. The normalized spacial score (nSPS) is 16.8. The summed E-state index contributed by atoms with van der Waals surface area (Å²) in [4.78, 5) is 5.66. The van der Waals surface area contributed by atoms with Crippen molar-refractivity contribution in [2.45, 2.75) is 24.9 Å². The maximum absolute atomic E-state index is 11.3. The minimum Gasteiger partial charge on any atom is -0.493 e. The number of piperidine rings is 1. The number of rotatable bonds is 6. The molecule has 1 aliphatic heterocycles. The van der Waals surface area contributed by atoms with Gasteiger partial charge in [-0.15, -0.1) is 0 Å². The SMILES string of the molecule is OC1(c2ccc3ccccc3c2)CCN(CCCOc2cccc3[nH]ccc23)CC1. The lowest BCUT2D eigenvalue weighted by atomic mass is 9.83. The lowest BCUT2D eigenvalue weighted by Crippen LogP contribution is -2.43. The molecule has 4 aromatic rings. The van der Waals surface area contributed by atoms with Crippen LogP contribution in [0.5, 0.6) is 5.75 Å². The van der Waals surface area contributed by atoms with E-state index in [9.17, 15) is 5.11 Å². The molecule has 30 heavy (non-hydrogen) atoms. The van der Waals surface area contributed by atoms with Crippen LogP contribution in [0.2, 0.25) is 0 Å². The van der Waals surface area contributed by atoms with Crippen molar-refractivity contribution in [3.8, 4) is 5.75 Å². The smallest absolute Gasteiger partial charge is 0.128 e. The largest absolute Gasteiger partial charge is 0.493 e. The molecule has 1 saturated heterocycles. The zero-order chi connectivity index (χ0) is 20.4. The van der Waals surface area contributed by atoms with Gasteiger partial charge in [0.15, 0.2) is 0 Å². The summed E-state index contributed by atoms with van der Waals surface area (Å²) in [5.41, 5.74) is 1.43. The number of hydrogen-bond acceptors (Lipinski definition) is 3.